The molecule has 0 unspecified atom stereocenters. The van der Waals surface area contributed by atoms with Crippen molar-refractivity contribution in [2.75, 3.05) is 0 Å². The Morgan fingerprint density at radius 2 is 1.94 bits per heavy atom. The van der Waals surface area contributed by atoms with Crippen LogP contribution in [-0.2, 0) is 0 Å². The number of carbonyl (C=O) groups is 1. The summed E-state index contributed by atoms with van der Waals surface area (Å²) in [7, 11) is 0. The van der Waals surface area contributed by atoms with Crippen LogP contribution in [0.2, 0.25) is 0 Å². The van der Waals surface area contributed by atoms with Crippen molar-refractivity contribution in [3.05, 3.63) is 35.4 Å². The molecule has 0 radical (unpaired) electrons. The molecule has 98 valence electrons. The van der Waals surface area contributed by atoms with Crippen molar-refractivity contribution >= 4 is 5.91 Å². The van der Waals surface area contributed by atoms with Gasteiger partial charge in [0.05, 0.1) is 0 Å². The van der Waals surface area contributed by atoms with Crippen LogP contribution >= 0.6 is 0 Å². The van der Waals surface area contributed by atoms with Gasteiger partial charge >= 0.3 is 0 Å². The topological polar surface area (TPSA) is 29.1 Å². The van der Waals surface area contributed by atoms with Gasteiger partial charge in [-0.25, -0.2) is 0 Å². The van der Waals surface area contributed by atoms with Crippen LogP contribution in [0.4, 0.5) is 0 Å². The SMILES string of the molecule is Cc1ccccc1C(=O)N[C@H]1CCC[C@@H](C)[C@@H]1C. The van der Waals surface area contributed by atoms with Gasteiger partial charge in [-0.05, 0) is 36.8 Å². The second-order valence-electron chi connectivity index (χ2n) is 5.66. The fraction of sp³-hybridized carbons (Fsp3) is 0.562. The van der Waals surface area contributed by atoms with E-state index in [0.717, 1.165) is 17.5 Å². The summed E-state index contributed by atoms with van der Waals surface area (Å²) in [5, 5.41) is 3.22. The molecular weight excluding hydrogens is 222 g/mol. The lowest BCUT2D eigenvalue weighted by atomic mass is 9.78. The highest BCUT2D eigenvalue weighted by Crippen LogP contribution is 2.29. The van der Waals surface area contributed by atoms with Gasteiger partial charge in [-0.1, -0.05) is 44.9 Å². The lowest BCUT2D eigenvalue weighted by Crippen LogP contribution is -2.43. The summed E-state index contributed by atoms with van der Waals surface area (Å²) in [6, 6.07) is 8.12. The molecule has 0 aromatic heterocycles. The van der Waals surface area contributed by atoms with Gasteiger partial charge in [-0.15, -0.1) is 0 Å². The largest absolute Gasteiger partial charge is 0.349 e. The highest BCUT2D eigenvalue weighted by molar-refractivity contribution is 5.95. The molecule has 0 aliphatic heterocycles. The van der Waals surface area contributed by atoms with Gasteiger partial charge in [0.25, 0.3) is 5.91 Å². The first-order valence-corrected chi connectivity index (χ1v) is 6.96. The quantitative estimate of drug-likeness (QED) is 0.848. The molecule has 0 bridgehead atoms. The van der Waals surface area contributed by atoms with Gasteiger partial charge in [-0.2, -0.15) is 0 Å². The number of hydrogen-bond donors (Lipinski definition) is 1. The first-order valence-electron chi connectivity index (χ1n) is 6.96. The third-order valence-electron chi connectivity index (χ3n) is 4.41. The second kappa shape index (κ2) is 5.55. The molecule has 1 aliphatic rings. The van der Waals surface area contributed by atoms with Crippen LogP contribution in [0.15, 0.2) is 24.3 Å². The van der Waals surface area contributed by atoms with Crippen LogP contribution in [0.3, 0.4) is 0 Å². The first kappa shape index (κ1) is 13.1. The molecular formula is C16H23NO. The van der Waals surface area contributed by atoms with E-state index >= 15 is 0 Å². The second-order valence-corrected chi connectivity index (χ2v) is 5.66. The average molecular weight is 245 g/mol. The molecule has 2 heteroatoms. The van der Waals surface area contributed by atoms with E-state index in [2.05, 4.69) is 19.2 Å². The van der Waals surface area contributed by atoms with Crippen LogP contribution < -0.4 is 5.32 Å². The minimum Gasteiger partial charge on any atom is -0.349 e. The summed E-state index contributed by atoms with van der Waals surface area (Å²) >= 11 is 0. The van der Waals surface area contributed by atoms with E-state index in [9.17, 15) is 4.79 Å². The summed E-state index contributed by atoms with van der Waals surface area (Å²) < 4.78 is 0. The highest BCUT2D eigenvalue weighted by atomic mass is 16.1. The standard InChI is InChI=1S/C16H23NO/c1-11-8-6-10-15(13(11)3)17-16(18)14-9-5-4-7-12(14)2/h4-5,7,9,11,13,15H,6,8,10H2,1-3H3,(H,17,18)/t11-,13+,15+/m1/s1. The van der Waals surface area contributed by atoms with Crippen molar-refractivity contribution in [2.24, 2.45) is 11.8 Å². The van der Waals surface area contributed by atoms with E-state index in [1.54, 1.807) is 0 Å². The average Bonchev–Trinajstić information content (AvgIpc) is 2.35. The smallest absolute Gasteiger partial charge is 0.251 e. The molecule has 1 aromatic carbocycles. The Labute approximate surface area is 110 Å². The summed E-state index contributed by atoms with van der Waals surface area (Å²) in [6.07, 6.45) is 3.63. The highest BCUT2D eigenvalue weighted by Gasteiger charge is 2.28. The van der Waals surface area contributed by atoms with Crippen LogP contribution in [0.1, 0.15) is 49.0 Å². The third-order valence-corrected chi connectivity index (χ3v) is 4.41. The number of hydrogen-bond acceptors (Lipinski definition) is 1. The van der Waals surface area contributed by atoms with Crippen molar-refractivity contribution in [1.82, 2.24) is 5.32 Å². The lowest BCUT2D eigenvalue weighted by molar-refractivity contribution is 0.0890. The van der Waals surface area contributed by atoms with E-state index in [1.165, 1.54) is 12.8 Å². The molecule has 3 atom stereocenters. The Balaban J connectivity index is 2.05. The number of amides is 1. The molecule has 0 saturated heterocycles. The van der Waals surface area contributed by atoms with E-state index in [4.69, 9.17) is 0 Å². The Morgan fingerprint density at radius 3 is 2.67 bits per heavy atom. The molecule has 1 saturated carbocycles. The normalized spacial score (nSPS) is 27.8. The van der Waals surface area contributed by atoms with Gasteiger partial charge in [-0.3, -0.25) is 4.79 Å². The van der Waals surface area contributed by atoms with Crippen LogP contribution in [0.25, 0.3) is 0 Å². The maximum atomic E-state index is 12.3. The molecule has 2 nitrogen and oxygen atoms in total. The predicted octanol–water partition coefficient (Wildman–Crippen LogP) is 3.55. The van der Waals surface area contributed by atoms with Gasteiger partial charge in [0.15, 0.2) is 0 Å². The lowest BCUT2D eigenvalue weighted by Gasteiger charge is -2.34. The fourth-order valence-electron chi connectivity index (χ4n) is 2.86. The molecule has 0 heterocycles. The van der Waals surface area contributed by atoms with Crippen molar-refractivity contribution in [3.8, 4) is 0 Å². The van der Waals surface area contributed by atoms with Gasteiger partial charge in [0, 0.05) is 11.6 Å². The molecule has 1 aliphatic carbocycles. The number of nitrogens with one attached hydrogen (secondary N) is 1. The van der Waals surface area contributed by atoms with E-state index in [-0.39, 0.29) is 5.91 Å². The zero-order valence-corrected chi connectivity index (χ0v) is 11.6. The molecule has 1 N–H and O–H groups in total. The number of aryl methyl sites for hydroxylation is 1. The molecule has 1 fully saturated rings. The monoisotopic (exact) mass is 245 g/mol. The molecule has 1 aromatic rings. The van der Waals surface area contributed by atoms with Gasteiger partial charge < -0.3 is 5.32 Å². The number of benzene rings is 1. The number of carbonyl (C=O) groups excluding carboxylic acids is 1. The zero-order chi connectivity index (χ0) is 13.1. The number of rotatable bonds is 2. The Morgan fingerprint density at radius 1 is 1.22 bits per heavy atom. The van der Waals surface area contributed by atoms with E-state index in [0.29, 0.717) is 17.9 Å². The maximum Gasteiger partial charge on any atom is 0.251 e. The first-order chi connectivity index (χ1) is 8.59. The Kier molecular flexibility index (Phi) is 4.05. The molecule has 0 spiro atoms. The Bertz CT molecular complexity index is 427. The van der Waals surface area contributed by atoms with Crippen LogP contribution in [0, 0.1) is 18.8 Å². The van der Waals surface area contributed by atoms with Gasteiger partial charge in [0.2, 0.25) is 0 Å². The van der Waals surface area contributed by atoms with Gasteiger partial charge in [0.1, 0.15) is 0 Å². The maximum absolute atomic E-state index is 12.3. The summed E-state index contributed by atoms with van der Waals surface area (Å²) in [5.41, 5.74) is 1.86. The minimum atomic E-state index is 0.0825. The van der Waals surface area contributed by atoms with Crippen molar-refractivity contribution in [2.45, 2.75) is 46.1 Å². The van der Waals surface area contributed by atoms with Crippen molar-refractivity contribution < 1.29 is 4.79 Å². The van der Waals surface area contributed by atoms with Crippen LogP contribution in [0.5, 0.6) is 0 Å². The van der Waals surface area contributed by atoms with Crippen molar-refractivity contribution in [1.29, 1.82) is 0 Å². The van der Waals surface area contributed by atoms with Crippen LogP contribution in [-0.4, -0.2) is 11.9 Å². The third kappa shape index (κ3) is 2.74. The summed E-state index contributed by atoms with van der Waals surface area (Å²) in [6.45, 7) is 6.53. The zero-order valence-electron chi connectivity index (χ0n) is 11.6. The summed E-state index contributed by atoms with van der Waals surface area (Å²) in [4.78, 5) is 12.3. The summed E-state index contributed by atoms with van der Waals surface area (Å²) in [5.74, 6) is 1.37. The van der Waals surface area contributed by atoms with E-state index < -0.39 is 0 Å². The minimum absolute atomic E-state index is 0.0825. The van der Waals surface area contributed by atoms with E-state index in [1.807, 2.05) is 31.2 Å². The van der Waals surface area contributed by atoms with Crippen molar-refractivity contribution in [3.63, 3.8) is 0 Å². The molecule has 1 amide bonds. The Hall–Kier alpha value is -1.31. The molecule has 2 rings (SSSR count). The predicted molar refractivity (Wildman–Crippen MR) is 74.6 cm³/mol. The molecule has 18 heavy (non-hydrogen) atoms. The fourth-order valence-corrected chi connectivity index (χ4v) is 2.86.